The van der Waals surface area contributed by atoms with Crippen LogP contribution in [0.3, 0.4) is 0 Å². The molecule has 2 aliphatic rings. The molecule has 2 aliphatic heterocycles. The van der Waals surface area contributed by atoms with E-state index < -0.39 is 35.1 Å². The molecule has 1 atom stereocenters. The van der Waals surface area contributed by atoms with E-state index in [0.717, 1.165) is 4.90 Å². The third-order valence-electron chi connectivity index (χ3n) is 4.47. The molecule has 138 valence electrons. The standard InChI is InChI=1S/C18H20N2O6/c1-17(2,3)26-16(25)19-10-6-9-18(19,15(23)24)20-13(21)11-7-4-5-8-12(11)14(20)22/h4-5,7-8H,6,9-10H2,1-3H3,(H,23,24). The minimum absolute atomic E-state index is 0.0486. The van der Waals surface area contributed by atoms with Crippen molar-refractivity contribution in [2.45, 2.75) is 44.9 Å². The highest BCUT2D eigenvalue weighted by Crippen LogP contribution is 2.39. The van der Waals surface area contributed by atoms with Crippen LogP contribution >= 0.6 is 0 Å². The van der Waals surface area contributed by atoms with E-state index in [4.69, 9.17) is 4.74 Å². The van der Waals surface area contributed by atoms with Crippen LogP contribution in [-0.2, 0) is 9.53 Å². The van der Waals surface area contributed by atoms with Crippen molar-refractivity contribution in [2.24, 2.45) is 0 Å². The van der Waals surface area contributed by atoms with Crippen molar-refractivity contribution in [1.82, 2.24) is 9.80 Å². The fourth-order valence-electron chi connectivity index (χ4n) is 3.44. The van der Waals surface area contributed by atoms with Crippen LogP contribution in [0.1, 0.15) is 54.3 Å². The molecule has 0 spiro atoms. The number of ether oxygens (including phenoxy) is 1. The average Bonchev–Trinajstić information content (AvgIpc) is 3.08. The van der Waals surface area contributed by atoms with Gasteiger partial charge in [0.05, 0.1) is 11.1 Å². The molecule has 0 aromatic heterocycles. The highest BCUT2D eigenvalue weighted by Gasteiger charge is 2.61. The topological polar surface area (TPSA) is 104 Å². The number of hydrogen-bond donors (Lipinski definition) is 1. The second kappa shape index (κ2) is 5.82. The summed E-state index contributed by atoms with van der Waals surface area (Å²) in [7, 11) is 0. The van der Waals surface area contributed by atoms with E-state index in [1.165, 1.54) is 12.1 Å². The summed E-state index contributed by atoms with van der Waals surface area (Å²) in [5.41, 5.74) is -2.66. The lowest BCUT2D eigenvalue weighted by molar-refractivity contribution is -0.157. The smallest absolute Gasteiger partial charge is 0.412 e. The second-order valence-corrected chi connectivity index (χ2v) is 7.35. The summed E-state index contributed by atoms with van der Waals surface area (Å²) >= 11 is 0. The number of carboxylic acids is 1. The second-order valence-electron chi connectivity index (χ2n) is 7.35. The van der Waals surface area contributed by atoms with E-state index in [-0.39, 0.29) is 24.1 Å². The summed E-state index contributed by atoms with van der Waals surface area (Å²) in [5, 5.41) is 9.96. The summed E-state index contributed by atoms with van der Waals surface area (Å²) in [4.78, 5) is 52.2. The Labute approximate surface area is 150 Å². The molecule has 1 saturated heterocycles. The maximum atomic E-state index is 12.8. The molecule has 8 heteroatoms. The minimum Gasteiger partial charge on any atom is -0.478 e. The van der Waals surface area contributed by atoms with Crippen LogP contribution in [0, 0.1) is 0 Å². The summed E-state index contributed by atoms with van der Waals surface area (Å²) in [6, 6.07) is 6.14. The van der Waals surface area contributed by atoms with E-state index in [1.807, 2.05) is 0 Å². The normalized spacial score (nSPS) is 22.6. The first-order valence-electron chi connectivity index (χ1n) is 8.31. The van der Waals surface area contributed by atoms with Gasteiger partial charge in [0.25, 0.3) is 11.8 Å². The van der Waals surface area contributed by atoms with Gasteiger partial charge < -0.3 is 9.84 Å². The maximum Gasteiger partial charge on any atom is 0.412 e. The van der Waals surface area contributed by atoms with Gasteiger partial charge in [0, 0.05) is 13.0 Å². The van der Waals surface area contributed by atoms with E-state index in [9.17, 15) is 24.3 Å². The predicted molar refractivity (Wildman–Crippen MR) is 89.5 cm³/mol. The molecule has 0 radical (unpaired) electrons. The molecule has 2 heterocycles. The van der Waals surface area contributed by atoms with Crippen LogP contribution in [0.4, 0.5) is 4.79 Å². The van der Waals surface area contributed by atoms with Crippen molar-refractivity contribution < 1.29 is 29.0 Å². The van der Waals surface area contributed by atoms with Gasteiger partial charge in [-0.25, -0.2) is 14.5 Å². The summed E-state index contributed by atoms with van der Waals surface area (Å²) in [5.74, 6) is -2.87. The van der Waals surface area contributed by atoms with Crippen LogP contribution in [0.5, 0.6) is 0 Å². The van der Waals surface area contributed by atoms with Crippen LogP contribution in [0.2, 0.25) is 0 Å². The molecule has 3 rings (SSSR count). The van der Waals surface area contributed by atoms with Gasteiger partial charge in [-0.05, 0) is 39.3 Å². The van der Waals surface area contributed by atoms with Crippen LogP contribution in [0.15, 0.2) is 24.3 Å². The number of carbonyl (C=O) groups is 4. The molecule has 1 aromatic rings. The highest BCUT2D eigenvalue weighted by molar-refractivity contribution is 6.23. The predicted octanol–water partition coefficient (Wildman–Crippen LogP) is 2.09. The van der Waals surface area contributed by atoms with Crippen LogP contribution in [-0.4, -0.2) is 56.6 Å². The molecule has 1 fully saturated rings. The largest absolute Gasteiger partial charge is 0.478 e. The third kappa shape index (κ3) is 2.53. The van der Waals surface area contributed by atoms with Crippen molar-refractivity contribution >= 4 is 23.9 Å². The zero-order valence-corrected chi connectivity index (χ0v) is 14.8. The van der Waals surface area contributed by atoms with Crippen molar-refractivity contribution in [2.75, 3.05) is 6.54 Å². The van der Waals surface area contributed by atoms with Crippen LogP contribution in [0.25, 0.3) is 0 Å². The number of likely N-dealkylation sites (tertiary alicyclic amines) is 1. The van der Waals surface area contributed by atoms with Crippen molar-refractivity contribution in [3.8, 4) is 0 Å². The van der Waals surface area contributed by atoms with E-state index >= 15 is 0 Å². The number of carbonyl (C=O) groups excluding carboxylic acids is 3. The van der Waals surface area contributed by atoms with Crippen molar-refractivity contribution in [3.63, 3.8) is 0 Å². The summed E-state index contributed by atoms with van der Waals surface area (Å²) in [6.07, 6.45) is -0.583. The Kier molecular flexibility index (Phi) is 4.01. The third-order valence-corrected chi connectivity index (χ3v) is 4.47. The fraction of sp³-hybridized carbons (Fsp3) is 0.444. The zero-order valence-electron chi connectivity index (χ0n) is 14.8. The van der Waals surface area contributed by atoms with E-state index in [0.29, 0.717) is 11.3 Å². The van der Waals surface area contributed by atoms with Gasteiger partial charge in [-0.2, -0.15) is 0 Å². The molecule has 0 aliphatic carbocycles. The Balaban J connectivity index is 2.07. The van der Waals surface area contributed by atoms with E-state index in [2.05, 4.69) is 0 Å². The molecule has 8 nitrogen and oxygen atoms in total. The fourth-order valence-corrected chi connectivity index (χ4v) is 3.44. The molecule has 0 bridgehead atoms. The number of nitrogens with zero attached hydrogens (tertiary/aromatic N) is 2. The summed E-state index contributed by atoms with van der Waals surface area (Å²) in [6.45, 7) is 5.05. The Bertz CT molecular complexity index is 777. The van der Waals surface area contributed by atoms with Crippen molar-refractivity contribution in [1.29, 1.82) is 0 Å². The maximum absolute atomic E-state index is 12.8. The molecule has 1 aromatic carbocycles. The number of fused-ring (bicyclic) bond motifs is 1. The molecule has 26 heavy (non-hydrogen) atoms. The van der Waals surface area contributed by atoms with Gasteiger partial charge in [-0.3, -0.25) is 14.5 Å². The number of imide groups is 1. The van der Waals surface area contributed by atoms with Gasteiger partial charge in [0.2, 0.25) is 5.66 Å². The average molecular weight is 360 g/mol. The molecule has 1 unspecified atom stereocenters. The SMILES string of the molecule is CC(C)(C)OC(=O)N1CCCC1(C(=O)O)N1C(=O)c2ccccc2C1=O. The van der Waals surface area contributed by atoms with Crippen LogP contribution < -0.4 is 0 Å². The van der Waals surface area contributed by atoms with Gasteiger partial charge in [-0.1, -0.05) is 12.1 Å². The first kappa shape index (κ1) is 17.9. The molecule has 1 N–H and O–H groups in total. The first-order valence-corrected chi connectivity index (χ1v) is 8.31. The number of benzene rings is 1. The van der Waals surface area contributed by atoms with Gasteiger partial charge in [-0.15, -0.1) is 0 Å². The monoisotopic (exact) mass is 360 g/mol. The number of hydrogen-bond acceptors (Lipinski definition) is 5. The van der Waals surface area contributed by atoms with Crippen molar-refractivity contribution in [3.05, 3.63) is 35.4 Å². The lowest BCUT2D eigenvalue weighted by Crippen LogP contribution is -2.66. The molecule has 0 saturated carbocycles. The zero-order chi connectivity index (χ0) is 19.3. The Morgan fingerprint density at radius 3 is 2.12 bits per heavy atom. The van der Waals surface area contributed by atoms with Gasteiger partial charge >= 0.3 is 12.1 Å². The van der Waals surface area contributed by atoms with E-state index in [1.54, 1.807) is 32.9 Å². The number of rotatable bonds is 2. The first-order chi connectivity index (χ1) is 12.1. The minimum atomic E-state index is -2.09. The lowest BCUT2D eigenvalue weighted by atomic mass is 10.1. The molecular formula is C18H20N2O6. The summed E-state index contributed by atoms with van der Waals surface area (Å²) < 4.78 is 5.31. The molecular weight excluding hydrogens is 340 g/mol. The lowest BCUT2D eigenvalue weighted by Gasteiger charge is -2.40. The Hall–Kier alpha value is -2.90. The quantitative estimate of drug-likeness (QED) is 0.810. The highest BCUT2D eigenvalue weighted by atomic mass is 16.6. The molecule has 3 amide bonds. The van der Waals surface area contributed by atoms with Gasteiger partial charge in [0.1, 0.15) is 5.60 Å². The Morgan fingerprint density at radius 1 is 1.12 bits per heavy atom. The van der Waals surface area contributed by atoms with Gasteiger partial charge in [0.15, 0.2) is 0 Å². The Morgan fingerprint density at radius 2 is 1.65 bits per heavy atom. The number of carboxylic acid groups (broad SMARTS) is 1. The number of amides is 3. The number of aliphatic carboxylic acids is 1.